The van der Waals surface area contributed by atoms with Crippen LogP contribution in [0.25, 0.3) is 0 Å². The number of hydrogen-bond donors (Lipinski definition) is 2. The fraction of sp³-hybridized carbons (Fsp3) is 0.125. The molecule has 0 bridgehead atoms. The SMILES string of the molecule is CCc1ccc(NC(=O)C(=O)N/N=C/c2ccccc2OCc2ccccc2Cl)cc1. The van der Waals surface area contributed by atoms with Gasteiger partial charge in [-0.05, 0) is 42.3 Å². The summed E-state index contributed by atoms with van der Waals surface area (Å²) in [6, 6.07) is 21.9. The first-order chi connectivity index (χ1) is 15.1. The molecule has 0 heterocycles. The van der Waals surface area contributed by atoms with Crippen LogP contribution >= 0.6 is 11.6 Å². The summed E-state index contributed by atoms with van der Waals surface area (Å²) in [7, 11) is 0. The number of benzene rings is 3. The van der Waals surface area contributed by atoms with Crippen molar-refractivity contribution in [3.05, 3.63) is 94.5 Å². The van der Waals surface area contributed by atoms with Crippen LogP contribution in [0.5, 0.6) is 5.75 Å². The lowest BCUT2D eigenvalue weighted by Crippen LogP contribution is -2.32. The number of amides is 2. The molecule has 0 fully saturated rings. The van der Waals surface area contributed by atoms with Crippen LogP contribution in [0.15, 0.2) is 77.9 Å². The van der Waals surface area contributed by atoms with Gasteiger partial charge >= 0.3 is 11.8 Å². The van der Waals surface area contributed by atoms with Gasteiger partial charge in [-0.3, -0.25) is 9.59 Å². The minimum absolute atomic E-state index is 0.288. The van der Waals surface area contributed by atoms with Gasteiger partial charge in [-0.1, -0.05) is 61.0 Å². The molecule has 0 radical (unpaired) electrons. The van der Waals surface area contributed by atoms with Gasteiger partial charge < -0.3 is 10.1 Å². The zero-order valence-corrected chi connectivity index (χ0v) is 17.7. The summed E-state index contributed by atoms with van der Waals surface area (Å²) in [6.07, 6.45) is 2.32. The van der Waals surface area contributed by atoms with Crippen LogP contribution in [0.2, 0.25) is 5.02 Å². The second-order valence-electron chi connectivity index (χ2n) is 6.62. The summed E-state index contributed by atoms with van der Waals surface area (Å²) < 4.78 is 5.84. The van der Waals surface area contributed by atoms with E-state index in [1.54, 1.807) is 30.3 Å². The Morgan fingerprint density at radius 3 is 2.42 bits per heavy atom. The van der Waals surface area contributed by atoms with Crippen LogP contribution in [-0.4, -0.2) is 18.0 Å². The van der Waals surface area contributed by atoms with Crippen molar-refractivity contribution in [2.45, 2.75) is 20.0 Å². The first kappa shape index (κ1) is 22.1. The van der Waals surface area contributed by atoms with E-state index in [0.717, 1.165) is 17.5 Å². The van der Waals surface area contributed by atoms with Crippen molar-refractivity contribution in [3.63, 3.8) is 0 Å². The molecule has 0 aliphatic heterocycles. The topological polar surface area (TPSA) is 79.8 Å². The third kappa shape index (κ3) is 6.42. The highest BCUT2D eigenvalue weighted by Crippen LogP contribution is 2.21. The molecule has 0 unspecified atom stereocenters. The Balaban J connectivity index is 1.56. The Morgan fingerprint density at radius 2 is 1.68 bits per heavy atom. The van der Waals surface area contributed by atoms with E-state index in [0.29, 0.717) is 22.0 Å². The molecule has 0 atom stereocenters. The summed E-state index contributed by atoms with van der Waals surface area (Å²) in [4.78, 5) is 24.0. The van der Waals surface area contributed by atoms with Crippen molar-refractivity contribution >= 4 is 35.3 Å². The zero-order chi connectivity index (χ0) is 22.1. The molecule has 0 saturated heterocycles. The first-order valence-corrected chi connectivity index (χ1v) is 10.1. The van der Waals surface area contributed by atoms with Gasteiger partial charge in [0.15, 0.2) is 0 Å². The molecule has 0 aliphatic rings. The Kier molecular flexibility index (Phi) is 7.79. The number of para-hydroxylation sites is 1. The molecule has 0 aliphatic carbocycles. The number of halogens is 1. The number of carbonyl (C=O) groups is 2. The van der Waals surface area contributed by atoms with E-state index in [9.17, 15) is 9.59 Å². The second-order valence-corrected chi connectivity index (χ2v) is 7.03. The molecule has 3 rings (SSSR count). The number of nitrogens with zero attached hydrogens (tertiary/aromatic N) is 1. The largest absolute Gasteiger partial charge is 0.488 e. The maximum atomic E-state index is 12.0. The van der Waals surface area contributed by atoms with Crippen molar-refractivity contribution in [3.8, 4) is 5.75 Å². The third-order valence-electron chi connectivity index (χ3n) is 4.46. The van der Waals surface area contributed by atoms with Crippen LogP contribution in [0.3, 0.4) is 0 Å². The van der Waals surface area contributed by atoms with E-state index in [1.165, 1.54) is 6.21 Å². The smallest absolute Gasteiger partial charge is 0.329 e. The van der Waals surface area contributed by atoms with Gasteiger partial charge in [-0.2, -0.15) is 5.10 Å². The maximum Gasteiger partial charge on any atom is 0.329 e. The highest BCUT2D eigenvalue weighted by atomic mass is 35.5. The molecule has 6 nitrogen and oxygen atoms in total. The number of aryl methyl sites for hydroxylation is 1. The van der Waals surface area contributed by atoms with E-state index in [4.69, 9.17) is 16.3 Å². The monoisotopic (exact) mass is 435 g/mol. The van der Waals surface area contributed by atoms with Crippen LogP contribution in [0.1, 0.15) is 23.6 Å². The molecule has 0 saturated carbocycles. The van der Waals surface area contributed by atoms with E-state index in [-0.39, 0.29) is 6.61 Å². The molecule has 158 valence electrons. The molecule has 3 aromatic rings. The molecule has 31 heavy (non-hydrogen) atoms. The molecular weight excluding hydrogens is 414 g/mol. The Hall–Kier alpha value is -3.64. The molecule has 3 aromatic carbocycles. The highest BCUT2D eigenvalue weighted by Gasteiger charge is 2.13. The molecule has 2 amide bonds. The van der Waals surface area contributed by atoms with Crippen LogP contribution in [-0.2, 0) is 22.6 Å². The Bertz CT molecular complexity index is 1080. The number of anilines is 1. The summed E-state index contributed by atoms with van der Waals surface area (Å²) in [5.41, 5.74) is 5.41. The summed E-state index contributed by atoms with van der Waals surface area (Å²) in [5.74, 6) is -1.10. The van der Waals surface area contributed by atoms with Gasteiger partial charge in [-0.25, -0.2) is 5.43 Å². The van der Waals surface area contributed by atoms with Gasteiger partial charge in [0.25, 0.3) is 0 Å². The number of rotatable bonds is 7. The highest BCUT2D eigenvalue weighted by molar-refractivity contribution is 6.39. The van der Waals surface area contributed by atoms with Crippen LogP contribution in [0, 0.1) is 0 Å². The lowest BCUT2D eigenvalue weighted by molar-refractivity contribution is -0.136. The number of carbonyl (C=O) groups excluding carboxylic acids is 2. The quantitative estimate of drug-likeness (QED) is 0.324. The number of nitrogens with one attached hydrogen (secondary N) is 2. The molecule has 7 heteroatoms. The van der Waals surface area contributed by atoms with Crippen LogP contribution in [0.4, 0.5) is 5.69 Å². The van der Waals surface area contributed by atoms with E-state index < -0.39 is 11.8 Å². The summed E-state index contributed by atoms with van der Waals surface area (Å²) in [5, 5.41) is 7.03. The van der Waals surface area contributed by atoms with Gasteiger partial charge in [0.2, 0.25) is 0 Å². The lowest BCUT2D eigenvalue weighted by Gasteiger charge is -2.10. The molecular formula is C24H22ClN3O3. The minimum Gasteiger partial charge on any atom is -0.488 e. The van der Waals surface area contributed by atoms with Gasteiger partial charge in [0.1, 0.15) is 12.4 Å². The molecule has 0 spiro atoms. The van der Waals surface area contributed by atoms with Crippen molar-refractivity contribution < 1.29 is 14.3 Å². The van der Waals surface area contributed by atoms with Crippen molar-refractivity contribution in [2.24, 2.45) is 5.10 Å². The third-order valence-corrected chi connectivity index (χ3v) is 4.82. The van der Waals surface area contributed by atoms with E-state index >= 15 is 0 Å². The average Bonchev–Trinajstić information content (AvgIpc) is 2.79. The van der Waals surface area contributed by atoms with Gasteiger partial charge in [0.05, 0.1) is 6.21 Å². The number of hydrogen-bond acceptors (Lipinski definition) is 4. The van der Waals surface area contributed by atoms with Gasteiger partial charge in [0, 0.05) is 21.8 Å². The lowest BCUT2D eigenvalue weighted by atomic mass is 10.1. The van der Waals surface area contributed by atoms with E-state index in [1.807, 2.05) is 49.4 Å². The minimum atomic E-state index is -0.870. The fourth-order valence-corrected chi connectivity index (χ4v) is 2.90. The fourth-order valence-electron chi connectivity index (χ4n) is 2.71. The number of hydrazone groups is 1. The Labute approximate surface area is 185 Å². The maximum absolute atomic E-state index is 12.0. The standard InChI is InChI=1S/C24H22ClN3O3/c1-2-17-11-13-20(14-12-17)27-23(29)24(30)28-26-15-18-7-4-6-10-22(18)31-16-19-8-3-5-9-21(19)25/h3-15H,2,16H2,1H3,(H,27,29)(H,28,30)/b26-15+. The molecule has 0 aromatic heterocycles. The number of ether oxygens (including phenoxy) is 1. The van der Waals surface area contributed by atoms with Crippen molar-refractivity contribution in [2.75, 3.05) is 5.32 Å². The predicted octanol–water partition coefficient (Wildman–Crippen LogP) is 4.57. The molecule has 2 N–H and O–H groups in total. The predicted molar refractivity (Wildman–Crippen MR) is 122 cm³/mol. The van der Waals surface area contributed by atoms with Crippen molar-refractivity contribution in [1.29, 1.82) is 0 Å². The Morgan fingerprint density at radius 1 is 0.968 bits per heavy atom. The van der Waals surface area contributed by atoms with Crippen LogP contribution < -0.4 is 15.5 Å². The summed E-state index contributed by atoms with van der Waals surface area (Å²) >= 11 is 6.16. The first-order valence-electron chi connectivity index (χ1n) is 9.75. The normalized spacial score (nSPS) is 10.6. The van der Waals surface area contributed by atoms with E-state index in [2.05, 4.69) is 15.8 Å². The average molecular weight is 436 g/mol. The van der Waals surface area contributed by atoms with Crippen molar-refractivity contribution in [1.82, 2.24) is 5.43 Å². The zero-order valence-electron chi connectivity index (χ0n) is 17.0. The van der Waals surface area contributed by atoms with Gasteiger partial charge in [-0.15, -0.1) is 0 Å². The second kappa shape index (κ2) is 10.9. The summed E-state index contributed by atoms with van der Waals surface area (Å²) in [6.45, 7) is 2.33.